The smallest absolute Gasteiger partial charge is 0.242 e. The minimum absolute atomic E-state index is 0.0440. The molecule has 0 bridgehead atoms. The number of thioether (sulfide) groups is 1. The van der Waals surface area contributed by atoms with Gasteiger partial charge in [0.2, 0.25) is 11.8 Å². The molecule has 150 valence electrons. The van der Waals surface area contributed by atoms with Crippen LogP contribution in [-0.2, 0) is 9.59 Å². The molecule has 29 heavy (non-hydrogen) atoms. The van der Waals surface area contributed by atoms with Crippen LogP contribution in [0.15, 0.2) is 47.5 Å². The third-order valence-electron chi connectivity index (χ3n) is 4.70. The standard InChI is InChI=1S/C21H19Cl2N3O2S/c1-12-4-2-5-13(10-12)24-21-26(14-8-9-14)20(28)17(29-21)11-18(27)25-16-7-3-6-15(22)19(16)23/h2-7,10,14,17H,8-9,11H2,1H3,(H,25,27). The van der Waals surface area contributed by atoms with Crippen LogP contribution in [0, 0.1) is 6.92 Å². The van der Waals surface area contributed by atoms with E-state index in [2.05, 4.69) is 5.32 Å². The molecule has 8 heteroatoms. The van der Waals surface area contributed by atoms with Gasteiger partial charge in [0.25, 0.3) is 0 Å². The van der Waals surface area contributed by atoms with Gasteiger partial charge in [0.15, 0.2) is 5.17 Å². The highest BCUT2D eigenvalue weighted by molar-refractivity contribution is 8.15. The molecule has 2 amide bonds. The molecule has 1 N–H and O–H groups in total. The lowest BCUT2D eigenvalue weighted by Gasteiger charge is -2.15. The van der Waals surface area contributed by atoms with Crippen molar-refractivity contribution in [1.82, 2.24) is 4.90 Å². The summed E-state index contributed by atoms with van der Waals surface area (Å²) in [6, 6.07) is 13.1. The van der Waals surface area contributed by atoms with Crippen molar-refractivity contribution in [3.63, 3.8) is 0 Å². The molecule has 1 heterocycles. The number of nitrogens with one attached hydrogen (secondary N) is 1. The van der Waals surface area contributed by atoms with E-state index in [0.717, 1.165) is 24.1 Å². The van der Waals surface area contributed by atoms with Crippen molar-refractivity contribution >= 4 is 63.3 Å². The van der Waals surface area contributed by atoms with Gasteiger partial charge >= 0.3 is 0 Å². The third kappa shape index (κ3) is 4.60. The highest BCUT2D eigenvalue weighted by Gasteiger charge is 2.46. The summed E-state index contributed by atoms with van der Waals surface area (Å²) in [7, 11) is 0. The van der Waals surface area contributed by atoms with E-state index >= 15 is 0 Å². The molecule has 1 saturated carbocycles. The van der Waals surface area contributed by atoms with Crippen LogP contribution in [0.2, 0.25) is 10.0 Å². The number of rotatable bonds is 5. The average molecular weight is 448 g/mol. The van der Waals surface area contributed by atoms with E-state index in [1.165, 1.54) is 11.8 Å². The summed E-state index contributed by atoms with van der Waals surface area (Å²) in [5.74, 6) is -0.344. The quantitative estimate of drug-likeness (QED) is 0.664. The number of hydrogen-bond acceptors (Lipinski definition) is 4. The Morgan fingerprint density at radius 3 is 2.72 bits per heavy atom. The molecule has 2 aromatic rings. The second kappa shape index (κ2) is 8.38. The Kier molecular flexibility index (Phi) is 5.86. The lowest BCUT2D eigenvalue weighted by molar-refractivity contribution is -0.128. The van der Waals surface area contributed by atoms with E-state index in [9.17, 15) is 9.59 Å². The third-order valence-corrected chi connectivity index (χ3v) is 6.67. The molecule has 1 atom stereocenters. The zero-order valence-corrected chi connectivity index (χ0v) is 18.0. The Morgan fingerprint density at radius 2 is 2.00 bits per heavy atom. The molecule has 0 spiro atoms. The van der Waals surface area contributed by atoms with E-state index in [4.69, 9.17) is 28.2 Å². The van der Waals surface area contributed by atoms with Crippen LogP contribution in [0.5, 0.6) is 0 Å². The summed E-state index contributed by atoms with van der Waals surface area (Å²) in [4.78, 5) is 32.0. The summed E-state index contributed by atoms with van der Waals surface area (Å²) in [5.41, 5.74) is 2.35. The number of aryl methyl sites for hydroxylation is 1. The first-order chi connectivity index (χ1) is 13.9. The highest BCUT2D eigenvalue weighted by Crippen LogP contribution is 2.39. The van der Waals surface area contributed by atoms with Gasteiger partial charge in [-0.3, -0.25) is 14.5 Å². The summed E-state index contributed by atoms with van der Waals surface area (Å²) < 4.78 is 0. The van der Waals surface area contributed by atoms with Crippen molar-refractivity contribution in [2.24, 2.45) is 4.99 Å². The van der Waals surface area contributed by atoms with Gasteiger partial charge in [0.05, 0.1) is 21.4 Å². The van der Waals surface area contributed by atoms with E-state index in [-0.39, 0.29) is 29.3 Å². The number of nitrogens with zero attached hydrogens (tertiary/aromatic N) is 2. The fraction of sp³-hybridized carbons (Fsp3) is 0.286. The maximum atomic E-state index is 13.0. The average Bonchev–Trinajstić information content (AvgIpc) is 3.45. The van der Waals surface area contributed by atoms with Crippen LogP contribution in [0.1, 0.15) is 24.8 Å². The number of anilines is 1. The predicted molar refractivity (Wildman–Crippen MR) is 119 cm³/mol. The van der Waals surface area contributed by atoms with Crippen LogP contribution in [0.3, 0.4) is 0 Å². The number of amides is 2. The van der Waals surface area contributed by atoms with E-state index < -0.39 is 5.25 Å². The second-order valence-corrected chi connectivity index (χ2v) is 9.09. The molecule has 5 nitrogen and oxygen atoms in total. The number of carbonyl (C=O) groups is 2. The van der Waals surface area contributed by atoms with Gasteiger partial charge in [0, 0.05) is 12.5 Å². The summed E-state index contributed by atoms with van der Waals surface area (Å²) in [6.07, 6.45) is 1.98. The molecule has 2 fully saturated rings. The van der Waals surface area contributed by atoms with Crippen molar-refractivity contribution in [2.45, 2.75) is 37.5 Å². The number of amidine groups is 1. The van der Waals surface area contributed by atoms with Crippen molar-refractivity contribution in [2.75, 3.05) is 5.32 Å². The summed E-state index contributed by atoms with van der Waals surface area (Å²) >= 11 is 13.5. The minimum Gasteiger partial charge on any atom is -0.325 e. The Labute approximate surface area is 183 Å². The minimum atomic E-state index is -0.503. The van der Waals surface area contributed by atoms with Gasteiger partial charge in [-0.1, -0.05) is 53.2 Å². The SMILES string of the molecule is Cc1cccc(N=C2SC(CC(=O)Nc3cccc(Cl)c3Cl)C(=O)N2C2CC2)c1. The fourth-order valence-corrected chi connectivity index (χ4v) is 4.70. The molecule has 0 radical (unpaired) electrons. The van der Waals surface area contributed by atoms with Gasteiger partial charge < -0.3 is 5.32 Å². The van der Waals surface area contributed by atoms with Crippen molar-refractivity contribution in [3.8, 4) is 0 Å². The van der Waals surface area contributed by atoms with Crippen LogP contribution < -0.4 is 5.32 Å². The predicted octanol–water partition coefficient (Wildman–Crippen LogP) is 5.42. The van der Waals surface area contributed by atoms with Crippen LogP contribution in [-0.4, -0.2) is 33.2 Å². The maximum Gasteiger partial charge on any atom is 0.242 e. The number of aliphatic imine (C=N–C) groups is 1. The molecule has 4 rings (SSSR count). The Bertz CT molecular complexity index is 1010. The molecule has 2 aliphatic rings. The van der Waals surface area contributed by atoms with Crippen LogP contribution in [0.25, 0.3) is 0 Å². The maximum absolute atomic E-state index is 13.0. The summed E-state index contributed by atoms with van der Waals surface area (Å²) in [6.45, 7) is 2.00. The second-order valence-electron chi connectivity index (χ2n) is 7.13. The number of benzene rings is 2. The zero-order chi connectivity index (χ0) is 20.5. The largest absolute Gasteiger partial charge is 0.325 e. The molecule has 2 aromatic carbocycles. The monoisotopic (exact) mass is 447 g/mol. The van der Waals surface area contributed by atoms with Gasteiger partial charge in [-0.15, -0.1) is 0 Å². The molecule has 1 aliphatic carbocycles. The van der Waals surface area contributed by atoms with Crippen LogP contribution >= 0.6 is 35.0 Å². The highest BCUT2D eigenvalue weighted by atomic mass is 35.5. The normalized spacial score (nSPS) is 20.4. The first-order valence-electron chi connectivity index (χ1n) is 9.31. The van der Waals surface area contributed by atoms with Gasteiger partial charge in [-0.25, -0.2) is 4.99 Å². The first-order valence-corrected chi connectivity index (χ1v) is 10.9. The molecular weight excluding hydrogens is 429 g/mol. The Balaban J connectivity index is 1.50. The topological polar surface area (TPSA) is 61.8 Å². The molecule has 0 aromatic heterocycles. The first kappa shape index (κ1) is 20.3. The van der Waals surface area contributed by atoms with Crippen molar-refractivity contribution < 1.29 is 9.59 Å². The molecular formula is C21H19Cl2N3O2S. The zero-order valence-electron chi connectivity index (χ0n) is 15.7. The number of hydrogen-bond donors (Lipinski definition) is 1. The Morgan fingerprint density at radius 1 is 1.24 bits per heavy atom. The van der Waals surface area contributed by atoms with Gasteiger partial charge in [-0.2, -0.15) is 0 Å². The Hall–Kier alpha value is -2.02. The van der Waals surface area contributed by atoms with E-state index in [1.54, 1.807) is 23.1 Å². The molecule has 1 saturated heterocycles. The molecule has 1 aliphatic heterocycles. The number of halogens is 2. The van der Waals surface area contributed by atoms with Gasteiger partial charge in [-0.05, 0) is 49.6 Å². The lowest BCUT2D eigenvalue weighted by Crippen LogP contribution is -2.35. The lowest BCUT2D eigenvalue weighted by atomic mass is 10.2. The van der Waals surface area contributed by atoms with Gasteiger partial charge in [0.1, 0.15) is 5.25 Å². The van der Waals surface area contributed by atoms with Crippen LogP contribution in [0.4, 0.5) is 11.4 Å². The van der Waals surface area contributed by atoms with E-state index in [0.29, 0.717) is 15.9 Å². The van der Waals surface area contributed by atoms with Crippen molar-refractivity contribution in [3.05, 3.63) is 58.1 Å². The fourth-order valence-electron chi connectivity index (χ4n) is 3.14. The number of carbonyl (C=O) groups excluding carboxylic acids is 2. The van der Waals surface area contributed by atoms with Crippen molar-refractivity contribution in [1.29, 1.82) is 0 Å². The van der Waals surface area contributed by atoms with E-state index in [1.807, 2.05) is 31.2 Å². The molecule has 1 unspecified atom stereocenters. The summed E-state index contributed by atoms with van der Waals surface area (Å²) in [5, 5.41) is 3.57.